The first-order valence-corrected chi connectivity index (χ1v) is 6.02. The molecular weight excluding hydrogens is 236 g/mol. The second kappa shape index (κ2) is 5.94. The van der Waals surface area contributed by atoms with Gasteiger partial charge in [0.1, 0.15) is 0 Å². The minimum Gasteiger partial charge on any atom is -0.396 e. The molecule has 0 spiro atoms. The molecule has 1 aliphatic rings. The summed E-state index contributed by atoms with van der Waals surface area (Å²) in [4.78, 5) is 13.4. The first kappa shape index (κ1) is 13.0. The average molecular weight is 254 g/mol. The maximum absolute atomic E-state index is 11.2. The summed E-state index contributed by atoms with van der Waals surface area (Å²) in [5, 5.41) is 12.8. The number of nitrogens with zero attached hydrogens (tertiary/aromatic N) is 2. The van der Waals surface area contributed by atoms with Gasteiger partial charge in [-0.2, -0.15) is 0 Å². The van der Waals surface area contributed by atoms with Gasteiger partial charge in [-0.05, 0) is 25.3 Å². The highest BCUT2D eigenvalue weighted by Gasteiger charge is 2.21. The lowest BCUT2D eigenvalue weighted by Gasteiger charge is -2.30. The molecule has 0 saturated carbocycles. The number of hydrazine groups is 1. The Morgan fingerprint density at radius 2 is 2.56 bits per heavy atom. The molecule has 1 aromatic rings. The number of rotatable bonds is 4. The number of nitrogens with two attached hydrogens (primary N) is 1. The zero-order chi connectivity index (χ0) is 13.0. The van der Waals surface area contributed by atoms with Crippen LogP contribution in [-0.4, -0.2) is 40.8 Å². The Bertz CT molecular complexity index is 407. The third-order valence-electron chi connectivity index (χ3n) is 3.16. The molecule has 2 rings (SSSR count). The zero-order valence-electron chi connectivity index (χ0n) is 10.1. The first-order chi connectivity index (χ1) is 8.72. The molecule has 100 valence electrons. The van der Waals surface area contributed by atoms with Crippen molar-refractivity contribution in [3.05, 3.63) is 17.5 Å². The van der Waals surface area contributed by atoms with Crippen molar-refractivity contribution in [2.24, 2.45) is 11.8 Å². The maximum atomic E-state index is 11.2. The summed E-state index contributed by atoms with van der Waals surface area (Å²) in [6.07, 6.45) is 2.12. The third-order valence-corrected chi connectivity index (χ3v) is 3.16. The number of carbonyl (C=O) groups is 1. The van der Waals surface area contributed by atoms with Crippen LogP contribution < -0.4 is 11.3 Å². The lowest BCUT2D eigenvalue weighted by molar-refractivity contribution is 0.0943. The van der Waals surface area contributed by atoms with Gasteiger partial charge in [-0.25, -0.2) is 5.84 Å². The molecule has 1 fully saturated rings. The first-order valence-electron chi connectivity index (χ1n) is 6.02. The molecule has 7 heteroatoms. The minimum absolute atomic E-state index is 0.184. The Hall–Kier alpha value is -1.44. The van der Waals surface area contributed by atoms with Crippen molar-refractivity contribution in [3.63, 3.8) is 0 Å². The van der Waals surface area contributed by atoms with Crippen LogP contribution >= 0.6 is 0 Å². The second-order valence-corrected chi connectivity index (χ2v) is 4.58. The number of amides is 1. The number of likely N-dealkylation sites (tertiary alicyclic amines) is 1. The quantitative estimate of drug-likeness (QED) is 0.379. The predicted molar refractivity (Wildman–Crippen MR) is 63.2 cm³/mol. The van der Waals surface area contributed by atoms with Gasteiger partial charge in [-0.15, -0.1) is 0 Å². The molecule has 0 aromatic carbocycles. The van der Waals surface area contributed by atoms with Gasteiger partial charge in [-0.3, -0.25) is 15.1 Å². The van der Waals surface area contributed by atoms with Crippen LogP contribution in [0.1, 0.15) is 29.1 Å². The number of hydrogen-bond acceptors (Lipinski definition) is 6. The van der Waals surface area contributed by atoms with E-state index in [9.17, 15) is 4.79 Å². The molecule has 1 saturated heterocycles. The van der Waals surface area contributed by atoms with Crippen molar-refractivity contribution in [1.29, 1.82) is 0 Å². The number of nitrogen functional groups attached to an aromatic ring is 1. The highest BCUT2D eigenvalue weighted by atomic mass is 16.5. The summed E-state index contributed by atoms with van der Waals surface area (Å²) in [5.74, 6) is 5.51. The molecule has 1 atom stereocenters. The standard InChI is InChI=1S/C11H18N4O3/c12-13-11(17)10-4-9(18-14-10)6-15-3-1-2-8(5-15)7-16/h4,8,16H,1-3,5-7,12H2,(H,13,17). The Balaban J connectivity index is 1.92. The van der Waals surface area contributed by atoms with Crippen molar-refractivity contribution in [2.75, 3.05) is 19.7 Å². The van der Waals surface area contributed by atoms with Crippen LogP contribution in [0.2, 0.25) is 0 Å². The third kappa shape index (κ3) is 3.06. The molecule has 18 heavy (non-hydrogen) atoms. The summed E-state index contributed by atoms with van der Waals surface area (Å²) in [6.45, 7) is 2.63. The molecule has 2 heterocycles. The van der Waals surface area contributed by atoms with Gasteiger partial charge in [0, 0.05) is 19.2 Å². The van der Waals surface area contributed by atoms with Crippen molar-refractivity contribution >= 4 is 5.91 Å². The number of nitrogens with one attached hydrogen (secondary N) is 1. The van der Waals surface area contributed by atoms with Crippen LogP contribution in [0, 0.1) is 5.92 Å². The van der Waals surface area contributed by atoms with E-state index in [-0.39, 0.29) is 12.3 Å². The number of aromatic nitrogens is 1. The molecular formula is C11H18N4O3. The van der Waals surface area contributed by atoms with Gasteiger partial charge >= 0.3 is 0 Å². The highest BCUT2D eigenvalue weighted by molar-refractivity contribution is 5.91. The van der Waals surface area contributed by atoms with E-state index in [0.29, 0.717) is 18.2 Å². The van der Waals surface area contributed by atoms with Crippen molar-refractivity contribution in [3.8, 4) is 0 Å². The van der Waals surface area contributed by atoms with E-state index in [1.165, 1.54) is 0 Å². The van der Waals surface area contributed by atoms with E-state index in [1.807, 2.05) is 5.43 Å². The van der Waals surface area contributed by atoms with E-state index in [1.54, 1.807) is 6.07 Å². The van der Waals surface area contributed by atoms with Crippen LogP contribution in [0.25, 0.3) is 0 Å². The van der Waals surface area contributed by atoms with Crippen LogP contribution in [0.15, 0.2) is 10.6 Å². The summed E-state index contributed by atoms with van der Waals surface area (Å²) >= 11 is 0. The zero-order valence-corrected chi connectivity index (χ0v) is 10.1. The SMILES string of the molecule is NNC(=O)c1cc(CN2CCCC(CO)C2)on1. The van der Waals surface area contributed by atoms with Gasteiger partial charge in [0.25, 0.3) is 5.91 Å². The van der Waals surface area contributed by atoms with E-state index < -0.39 is 5.91 Å². The summed E-state index contributed by atoms with van der Waals surface area (Å²) in [7, 11) is 0. The van der Waals surface area contributed by atoms with Crippen LogP contribution in [0.5, 0.6) is 0 Å². The Morgan fingerprint density at radius 1 is 1.72 bits per heavy atom. The number of aliphatic hydroxyl groups is 1. The van der Waals surface area contributed by atoms with Crippen molar-refractivity contribution < 1.29 is 14.4 Å². The van der Waals surface area contributed by atoms with Gasteiger partial charge in [-0.1, -0.05) is 5.16 Å². The number of carbonyl (C=O) groups excluding carboxylic acids is 1. The molecule has 0 radical (unpaired) electrons. The lowest BCUT2D eigenvalue weighted by atomic mass is 9.99. The smallest absolute Gasteiger partial charge is 0.287 e. The summed E-state index contributed by atoms with van der Waals surface area (Å²) < 4.78 is 5.09. The fourth-order valence-corrected chi connectivity index (χ4v) is 2.23. The molecule has 4 N–H and O–H groups in total. The van der Waals surface area contributed by atoms with Gasteiger partial charge in [0.15, 0.2) is 11.5 Å². The van der Waals surface area contributed by atoms with Crippen molar-refractivity contribution in [2.45, 2.75) is 19.4 Å². The van der Waals surface area contributed by atoms with Gasteiger partial charge in [0.2, 0.25) is 0 Å². The van der Waals surface area contributed by atoms with E-state index in [2.05, 4.69) is 10.1 Å². The van der Waals surface area contributed by atoms with E-state index >= 15 is 0 Å². The van der Waals surface area contributed by atoms with Gasteiger partial charge < -0.3 is 9.63 Å². The number of piperidine rings is 1. The molecule has 1 amide bonds. The normalized spacial score (nSPS) is 20.9. The molecule has 1 unspecified atom stereocenters. The Kier molecular flexibility index (Phi) is 4.29. The molecule has 7 nitrogen and oxygen atoms in total. The molecule has 0 bridgehead atoms. The monoisotopic (exact) mass is 254 g/mol. The predicted octanol–water partition coefficient (Wildman–Crippen LogP) is -0.518. The second-order valence-electron chi connectivity index (χ2n) is 4.58. The van der Waals surface area contributed by atoms with E-state index in [0.717, 1.165) is 25.9 Å². The topological polar surface area (TPSA) is 105 Å². The largest absolute Gasteiger partial charge is 0.396 e. The maximum Gasteiger partial charge on any atom is 0.287 e. The molecule has 1 aromatic heterocycles. The molecule has 1 aliphatic heterocycles. The van der Waals surface area contributed by atoms with Gasteiger partial charge in [0.05, 0.1) is 6.54 Å². The van der Waals surface area contributed by atoms with Crippen LogP contribution in [0.3, 0.4) is 0 Å². The van der Waals surface area contributed by atoms with E-state index in [4.69, 9.17) is 15.5 Å². The minimum atomic E-state index is -0.461. The highest BCUT2D eigenvalue weighted by Crippen LogP contribution is 2.18. The van der Waals surface area contributed by atoms with Crippen LogP contribution in [0.4, 0.5) is 0 Å². The fraction of sp³-hybridized carbons (Fsp3) is 0.636. The Labute approximate surface area is 105 Å². The van der Waals surface area contributed by atoms with Crippen LogP contribution in [-0.2, 0) is 6.54 Å². The fourth-order valence-electron chi connectivity index (χ4n) is 2.23. The summed E-state index contributed by atoms with van der Waals surface area (Å²) in [5.41, 5.74) is 2.19. The summed E-state index contributed by atoms with van der Waals surface area (Å²) in [6, 6.07) is 1.59. The number of aliphatic hydroxyl groups excluding tert-OH is 1. The lowest BCUT2D eigenvalue weighted by Crippen LogP contribution is -2.36. The average Bonchev–Trinajstić information content (AvgIpc) is 2.86. The molecule has 0 aliphatic carbocycles. The Morgan fingerprint density at radius 3 is 3.28 bits per heavy atom. The van der Waals surface area contributed by atoms with Crippen molar-refractivity contribution in [1.82, 2.24) is 15.5 Å². The number of hydrogen-bond donors (Lipinski definition) is 3.